The first-order valence-corrected chi connectivity index (χ1v) is 7.94. The monoisotopic (exact) mass is 316 g/mol. The number of nitrogens with zero attached hydrogens (tertiary/aromatic N) is 3. The third-order valence-corrected chi connectivity index (χ3v) is 4.14. The highest BCUT2D eigenvalue weighted by molar-refractivity contribution is 6.04. The number of anilines is 1. The third kappa shape index (κ3) is 3.18. The van der Waals surface area contributed by atoms with Crippen LogP contribution in [0, 0.1) is 6.92 Å². The number of aryl methyl sites for hydroxylation is 2. The first-order chi connectivity index (χ1) is 11.1. The zero-order valence-electron chi connectivity index (χ0n) is 13.3. The molecule has 122 valence electrons. The molecule has 23 heavy (non-hydrogen) atoms. The Balaban J connectivity index is 1.79. The predicted molar refractivity (Wildman–Crippen MR) is 84.6 cm³/mol. The maximum Gasteiger partial charge on any atom is 0.349 e. The summed E-state index contributed by atoms with van der Waals surface area (Å²) < 4.78 is 6.98. The van der Waals surface area contributed by atoms with E-state index >= 15 is 0 Å². The van der Waals surface area contributed by atoms with Crippen molar-refractivity contribution in [3.63, 3.8) is 0 Å². The molecule has 0 unspecified atom stereocenters. The van der Waals surface area contributed by atoms with Crippen molar-refractivity contribution in [1.82, 2.24) is 15.0 Å². The predicted octanol–water partition coefficient (Wildman–Crippen LogP) is 2.47. The Morgan fingerprint density at radius 2 is 2.26 bits per heavy atom. The molecular formula is C16H20N4O3. The molecule has 1 saturated carbocycles. The van der Waals surface area contributed by atoms with Gasteiger partial charge in [-0.15, -0.1) is 5.10 Å². The minimum absolute atomic E-state index is 0.0260. The van der Waals surface area contributed by atoms with Crippen molar-refractivity contribution in [2.45, 2.75) is 52.0 Å². The highest BCUT2D eigenvalue weighted by atomic mass is 16.4. The third-order valence-electron chi connectivity index (χ3n) is 4.14. The molecule has 1 N–H and O–H groups in total. The lowest BCUT2D eigenvalue weighted by atomic mass is 9.83. The lowest BCUT2D eigenvalue weighted by Crippen LogP contribution is -2.24. The molecule has 0 saturated heterocycles. The molecule has 1 fully saturated rings. The number of hydrogen-bond donors (Lipinski definition) is 1. The van der Waals surface area contributed by atoms with Crippen LogP contribution in [0.3, 0.4) is 0 Å². The summed E-state index contributed by atoms with van der Waals surface area (Å²) in [5, 5.41) is 10.4. The van der Waals surface area contributed by atoms with Gasteiger partial charge in [-0.05, 0) is 37.8 Å². The molecule has 0 atom stereocenters. The van der Waals surface area contributed by atoms with Crippen LogP contribution in [-0.4, -0.2) is 20.9 Å². The van der Waals surface area contributed by atoms with E-state index in [1.165, 1.54) is 0 Å². The summed E-state index contributed by atoms with van der Waals surface area (Å²) >= 11 is 0. The Labute approximate surface area is 133 Å². The van der Waals surface area contributed by atoms with E-state index in [0.717, 1.165) is 32.2 Å². The van der Waals surface area contributed by atoms with Gasteiger partial charge in [-0.2, -0.15) is 0 Å². The molecule has 2 heterocycles. The van der Waals surface area contributed by atoms with Crippen molar-refractivity contribution in [3.05, 3.63) is 39.6 Å². The number of hydrogen-bond acceptors (Lipinski definition) is 5. The summed E-state index contributed by atoms with van der Waals surface area (Å²) in [6.45, 7) is 4.50. The summed E-state index contributed by atoms with van der Waals surface area (Å²) in [6.07, 6.45) is 5.79. The van der Waals surface area contributed by atoms with Gasteiger partial charge in [0.05, 0.1) is 6.20 Å². The van der Waals surface area contributed by atoms with Gasteiger partial charge in [-0.3, -0.25) is 9.48 Å². The van der Waals surface area contributed by atoms with E-state index in [0.29, 0.717) is 23.1 Å². The van der Waals surface area contributed by atoms with Crippen LogP contribution in [0.2, 0.25) is 0 Å². The number of amides is 1. The van der Waals surface area contributed by atoms with Crippen LogP contribution < -0.4 is 10.9 Å². The normalized spacial score (nSPS) is 14.5. The minimum atomic E-state index is -0.592. The van der Waals surface area contributed by atoms with Crippen LogP contribution in [0.25, 0.3) is 0 Å². The number of aromatic nitrogens is 3. The minimum Gasteiger partial charge on any atom is -0.427 e. The van der Waals surface area contributed by atoms with Crippen LogP contribution in [0.1, 0.15) is 60.2 Å². The molecule has 1 aliphatic rings. The quantitative estimate of drug-likeness (QED) is 0.915. The van der Waals surface area contributed by atoms with Crippen LogP contribution >= 0.6 is 0 Å². The Morgan fingerprint density at radius 3 is 2.87 bits per heavy atom. The lowest BCUT2D eigenvalue weighted by Gasteiger charge is -2.24. The van der Waals surface area contributed by atoms with Crippen LogP contribution in [0.4, 0.5) is 5.82 Å². The number of carbonyl (C=O) groups excluding carboxylic acids is 1. The van der Waals surface area contributed by atoms with Gasteiger partial charge in [0.2, 0.25) is 0 Å². The maximum absolute atomic E-state index is 12.3. The molecule has 0 spiro atoms. The Hall–Kier alpha value is -2.44. The molecule has 7 heteroatoms. The molecule has 1 aliphatic carbocycles. The Bertz CT molecular complexity index is 774. The SMILES string of the molecule is CCCn1cc(NC(=O)c2c(C)cc(C3CCC3)oc2=O)nn1. The fourth-order valence-corrected chi connectivity index (χ4v) is 2.67. The van der Waals surface area contributed by atoms with E-state index in [-0.39, 0.29) is 5.56 Å². The molecule has 0 radical (unpaired) electrons. The summed E-state index contributed by atoms with van der Waals surface area (Å²) in [5.41, 5.74) is 0.0602. The fourth-order valence-electron chi connectivity index (χ4n) is 2.67. The van der Waals surface area contributed by atoms with Crippen molar-refractivity contribution in [2.24, 2.45) is 0 Å². The largest absolute Gasteiger partial charge is 0.427 e. The van der Waals surface area contributed by atoms with Gasteiger partial charge in [0.25, 0.3) is 5.91 Å². The van der Waals surface area contributed by atoms with Gasteiger partial charge in [-0.25, -0.2) is 4.79 Å². The molecular weight excluding hydrogens is 296 g/mol. The molecule has 0 aromatic carbocycles. The van der Waals surface area contributed by atoms with Crippen molar-refractivity contribution >= 4 is 11.7 Å². The second-order valence-electron chi connectivity index (χ2n) is 5.94. The van der Waals surface area contributed by atoms with E-state index in [9.17, 15) is 9.59 Å². The second kappa shape index (κ2) is 6.36. The number of rotatable bonds is 5. The second-order valence-corrected chi connectivity index (χ2v) is 5.94. The van der Waals surface area contributed by atoms with Gasteiger partial charge in [0.15, 0.2) is 5.82 Å². The average Bonchev–Trinajstić information content (AvgIpc) is 2.83. The van der Waals surface area contributed by atoms with Crippen LogP contribution in [-0.2, 0) is 6.54 Å². The number of carbonyl (C=O) groups is 1. The standard InChI is InChI=1S/C16H20N4O3/c1-3-7-20-9-13(18-19-20)17-15(21)14-10(2)8-12(23-16(14)22)11-5-4-6-11/h8-9,11H,3-7H2,1-2H3,(H,17,21). The lowest BCUT2D eigenvalue weighted by molar-refractivity contribution is 0.102. The van der Waals surface area contributed by atoms with Crippen molar-refractivity contribution in [2.75, 3.05) is 5.32 Å². The smallest absolute Gasteiger partial charge is 0.349 e. The average molecular weight is 316 g/mol. The van der Waals surface area contributed by atoms with Gasteiger partial charge in [0, 0.05) is 12.5 Å². The highest BCUT2D eigenvalue weighted by Gasteiger charge is 2.25. The first-order valence-electron chi connectivity index (χ1n) is 7.94. The molecule has 3 rings (SSSR count). The molecule has 1 amide bonds. The van der Waals surface area contributed by atoms with Gasteiger partial charge < -0.3 is 9.73 Å². The maximum atomic E-state index is 12.3. The summed E-state index contributed by atoms with van der Waals surface area (Å²) in [4.78, 5) is 24.5. The van der Waals surface area contributed by atoms with E-state index in [4.69, 9.17) is 4.42 Å². The summed E-state index contributed by atoms with van der Waals surface area (Å²) in [5.74, 6) is 0.807. The highest BCUT2D eigenvalue weighted by Crippen LogP contribution is 2.36. The summed E-state index contributed by atoms with van der Waals surface area (Å²) in [6, 6.07) is 1.80. The van der Waals surface area contributed by atoms with Gasteiger partial charge in [0.1, 0.15) is 11.3 Å². The molecule has 7 nitrogen and oxygen atoms in total. The van der Waals surface area contributed by atoms with E-state index in [1.54, 1.807) is 23.9 Å². The number of nitrogens with one attached hydrogen (secondary N) is 1. The topological polar surface area (TPSA) is 90.0 Å². The van der Waals surface area contributed by atoms with E-state index < -0.39 is 11.5 Å². The fraction of sp³-hybridized carbons (Fsp3) is 0.500. The van der Waals surface area contributed by atoms with Crippen molar-refractivity contribution < 1.29 is 9.21 Å². The van der Waals surface area contributed by atoms with Crippen LogP contribution in [0.5, 0.6) is 0 Å². The Kier molecular flexibility index (Phi) is 4.27. The van der Waals surface area contributed by atoms with Crippen LogP contribution in [0.15, 0.2) is 21.5 Å². The zero-order valence-corrected chi connectivity index (χ0v) is 13.3. The molecule has 0 bridgehead atoms. The molecule has 2 aromatic heterocycles. The molecule has 2 aromatic rings. The first kappa shape index (κ1) is 15.5. The summed E-state index contributed by atoms with van der Waals surface area (Å²) in [7, 11) is 0. The van der Waals surface area contributed by atoms with Gasteiger partial charge in [-0.1, -0.05) is 18.6 Å². The van der Waals surface area contributed by atoms with Gasteiger partial charge >= 0.3 is 5.63 Å². The van der Waals surface area contributed by atoms with E-state index in [2.05, 4.69) is 15.6 Å². The zero-order chi connectivity index (χ0) is 16.4. The Morgan fingerprint density at radius 1 is 1.48 bits per heavy atom. The molecule has 0 aliphatic heterocycles. The van der Waals surface area contributed by atoms with Crippen molar-refractivity contribution in [1.29, 1.82) is 0 Å². The van der Waals surface area contributed by atoms with E-state index in [1.807, 2.05) is 6.92 Å². The van der Waals surface area contributed by atoms with Crippen molar-refractivity contribution in [3.8, 4) is 0 Å².